The lowest BCUT2D eigenvalue weighted by atomic mass is 9.94. The van der Waals surface area contributed by atoms with Crippen molar-refractivity contribution in [1.82, 2.24) is 10.2 Å². The van der Waals surface area contributed by atoms with Crippen LogP contribution in [0.4, 0.5) is 0 Å². The normalized spacial score (nSPS) is 16.6. The molecular weight excluding hydrogens is 264 g/mol. The lowest BCUT2D eigenvalue weighted by molar-refractivity contribution is -0.128. The van der Waals surface area contributed by atoms with Crippen molar-refractivity contribution in [1.29, 1.82) is 0 Å². The van der Waals surface area contributed by atoms with Crippen LogP contribution in [0.25, 0.3) is 0 Å². The number of rotatable bonds is 6. The van der Waals surface area contributed by atoms with Crippen molar-refractivity contribution < 1.29 is 9.53 Å². The third-order valence-electron chi connectivity index (χ3n) is 4.06. The molecule has 0 radical (unpaired) electrons. The summed E-state index contributed by atoms with van der Waals surface area (Å²) < 4.78 is 5.00. The number of ether oxygens (including phenoxy) is 1. The zero-order valence-corrected chi connectivity index (χ0v) is 13.3. The molecule has 1 aliphatic heterocycles. The van der Waals surface area contributed by atoms with E-state index in [9.17, 15) is 4.79 Å². The molecule has 4 heteroatoms. The Bertz CT molecular complexity index is 474. The van der Waals surface area contributed by atoms with Crippen molar-refractivity contribution in [2.45, 2.75) is 32.9 Å². The van der Waals surface area contributed by atoms with Gasteiger partial charge in [-0.25, -0.2) is 0 Å². The quantitative estimate of drug-likeness (QED) is 0.813. The van der Waals surface area contributed by atoms with Crippen LogP contribution in [0.3, 0.4) is 0 Å². The third-order valence-corrected chi connectivity index (χ3v) is 4.06. The molecule has 21 heavy (non-hydrogen) atoms. The monoisotopic (exact) mass is 290 g/mol. The maximum absolute atomic E-state index is 12.5. The van der Waals surface area contributed by atoms with E-state index in [-0.39, 0.29) is 17.9 Å². The molecule has 1 amide bonds. The van der Waals surface area contributed by atoms with Crippen LogP contribution in [0.5, 0.6) is 0 Å². The van der Waals surface area contributed by atoms with Crippen molar-refractivity contribution in [3.8, 4) is 0 Å². The van der Waals surface area contributed by atoms with Gasteiger partial charge in [0.2, 0.25) is 5.91 Å². The number of hydrogen-bond donors (Lipinski definition) is 1. The summed E-state index contributed by atoms with van der Waals surface area (Å²) in [6.07, 6.45) is 1.02. The summed E-state index contributed by atoms with van der Waals surface area (Å²) in [5, 5.41) is 2.98. The average molecular weight is 290 g/mol. The van der Waals surface area contributed by atoms with Gasteiger partial charge in [0.15, 0.2) is 0 Å². The number of nitrogens with zero attached hydrogens (tertiary/aromatic N) is 1. The first-order valence-corrected chi connectivity index (χ1v) is 7.71. The number of benzene rings is 1. The molecule has 0 saturated carbocycles. The highest BCUT2D eigenvalue weighted by molar-refractivity contribution is 5.82. The summed E-state index contributed by atoms with van der Waals surface area (Å²) in [6.45, 7) is 7.15. The highest BCUT2D eigenvalue weighted by Gasteiger charge is 2.30. The van der Waals surface area contributed by atoms with Crippen molar-refractivity contribution in [3.63, 3.8) is 0 Å². The molecule has 0 unspecified atom stereocenters. The van der Waals surface area contributed by atoms with Gasteiger partial charge in [-0.1, -0.05) is 38.1 Å². The maximum Gasteiger partial charge on any atom is 0.237 e. The van der Waals surface area contributed by atoms with Gasteiger partial charge < -0.3 is 10.1 Å². The molecule has 4 nitrogen and oxygen atoms in total. The molecule has 0 aromatic heterocycles. The number of nitrogens with one attached hydrogen (secondary N) is 1. The summed E-state index contributed by atoms with van der Waals surface area (Å²) in [5.74, 6) is 0.402. The Morgan fingerprint density at radius 2 is 2.05 bits per heavy atom. The zero-order chi connectivity index (χ0) is 15.2. The van der Waals surface area contributed by atoms with Crippen LogP contribution in [0, 0.1) is 5.92 Å². The standard InChI is InChI=1S/C17H26N2O2/c1-13(2)16(17(20)18-9-11-21-3)19-10-8-14-6-4-5-7-15(14)12-19/h4-7,13,16H,8-12H2,1-3H3,(H,18,20)/t16-/m1/s1. The molecule has 1 N–H and O–H groups in total. The molecule has 1 aromatic rings. The number of carbonyl (C=O) groups is 1. The van der Waals surface area contributed by atoms with Gasteiger partial charge in [0.25, 0.3) is 0 Å². The van der Waals surface area contributed by atoms with Gasteiger partial charge in [-0.05, 0) is 23.5 Å². The second-order valence-electron chi connectivity index (χ2n) is 5.96. The molecule has 0 fully saturated rings. The third kappa shape index (κ3) is 4.05. The molecule has 1 atom stereocenters. The highest BCUT2D eigenvalue weighted by Crippen LogP contribution is 2.23. The molecular formula is C17H26N2O2. The molecule has 1 aromatic carbocycles. The largest absolute Gasteiger partial charge is 0.383 e. The number of amides is 1. The van der Waals surface area contributed by atoms with Crippen LogP contribution in [-0.4, -0.2) is 43.7 Å². The van der Waals surface area contributed by atoms with Crippen molar-refractivity contribution in [3.05, 3.63) is 35.4 Å². The minimum absolute atomic E-state index is 0.0739. The lowest BCUT2D eigenvalue weighted by Crippen LogP contribution is -2.51. The Morgan fingerprint density at radius 1 is 1.33 bits per heavy atom. The first kappa shape index (κ1) is 16.0. The fraction of sp³-hybridized carbons (Fsp3) is 0.588. The lowest BCUT2D eigenvalue weighted by Gasteiger charge is -2.36. The predicted octanol–water partition coefficient (Wildman–Crippen LogP) is 1.83. The fourth-order valence-corrected chi connectivity index (χ4v) is 3.03. The van der Waals surface area contributed by atoms with Gasteiger partial charge >= 0.3 is 0 Å². The van der Waals surface area contributed by atoms with E-state index in [1.54, 1.807) is 7.11 Å². The average Bonchev–Trinajstić information content (AvgIpc) is 2.47. The smallest absolute Gasteiger partial charge is 0.237 e. The van der Waals surface area contributed by atoms with Crippen LogP contribution in [0.15, 0.2) is 24.3 Å². The van der Waals surface area contributed by atoms with E-state index in [1.165, 1.54) is 11.1 Å². The Balaban J connectivity index is 2.04. The molecule has 116 valence electrons. The second-order valence-corrected chi connectivity index (χ2v) is 5.96. The van der Waals surface area contributed by atoms with E-state index in [4.69, 9.17) is 4.74 Å². The molecule has 1 aliphatic rings. The molecule has 0 saturated heterocycles. The van der Waals surface area contributed by atoms with Gasteiger partial charge in [-0.15, -0.1) is 0 Å². The van der Waals surface area contributed by atoms with E-state index in [2.05, 4.69) is 48.3 Å². The number of hydrogen-bond acceptors (Lipinski definition) is 3. The van der Waals surface area contributed by atoms with E-state index in [1.807, 2.05) is 0 Å². The van der Waals surface area contributed by atoms with Crippen LogP contribution in [0.1, 0.15) is 25.0 Å². The van der Waals surface area contributed by atoms with Crippen molar-refractivity contribution in [2.75, 3.05) is 26.8 Å². The van der Waals surface area contributed by atoms with Crippen molar-refractivity contribution in [2.24, 2.45) is 5.92 Å². The summed E-state index contributed by atoms with van der Waals surface area (Å²) in [5.41, 5.74) is 2.76. The van der Waals surface area contributed by atoms with Gasteiger partial charge in [0.1, 0.15) is 0 Å². The highest BCUT2D eigenvalue weighted by atomic mass is 16.5. The Hall–Kier alpha value is -1.39. The number of fused-ring (bicyclic) bond motifs is 1. The summed E-state index contributed by atoms with van der Waals surface area (Å²) in [7, 11) is 1.65. The van der Waals surface area contributed by atoms with Crippen molar-refractivity contribution >= 4 is 5.91 Å². The van der Waals surface area contributed by atoms with Crippen LogP contribution >= 0.6 is 0 Å². The predicted molar refractivity (Wildman–Crippen MR) is 84.1 cm³/mol. The van der Waals surface area contributed by atoms with E-state index in [0.29, 0.717) is 13.2 Å². The molecule has 0 aliphatic carbocycles. The summed E-state index contributed by atoms with van der Waals surface area (Å²) in [6, 6.07) is 8.45. The first-order chi connectivity index (χ1) is 10.1. The second kappa shape index (κ2) is 7.57. The van der Waals surface area contributed by atoms with E-state index >= 15 is 0 Å². The molecule has 2 rings (SSSR count). The summed E-state index contributed by atoms with van der Waals surface area (Å²) in [4.78, 5) is 14.8. The number of methoxy groups -OCH3 is 1. The first-order valence-electron chi connectivity index (χ1n) is 7.71. The summed E-state index contributed by atoms with van der Waals surface area (Å²) >= 11 is 0. The van der Waals surface area contributed by atoms with Gasteiger partial charge in [-0.3, -0.25) is 9.69 Å². The van der Waals surface area contributed by atoms with Crippen LogP contribution < -0.4 is 5.32 Å². The molecule has 1 heterocycles. The Kier molecular flexibility index (Phi) is 5.76. The van der Waals surface area contributed by atoms with Gasteiger partial charge in [0.05, 0.1) is 12.6 Å². The molecule has 0 bridgehead atoms. The van der Waals surface area contributed by atoms with Crippen LogP contribution in [-0.2, 0) is 22.5 Å². The maximum atomic E-state index is 12.5. The number of carbonyl (C=O) groups excluding carboxylic acids is 1. The van der Waals surface area contributed by atoms with Gasteiger partial charge in [0, 0.05) is 26.7 Å². The Labute approximate surface area is 127 Å². The fourth-order valence-electron chi connectivity index (χ4n) is 3.03. The van der Waals surface area contributed by atoms with E-state index in [0.717, 1.165) is 19.5 Å². The Morgan fingerprint density at radius 3 is 2.71 bits per heavy atom. The van der Waals surface area contributed by atoms with E-state index < -0.39 is 0 Å². The topological polar surface area (TPSA) is 41.6 Å². The molecule has 0 spiro atoms. The minimum atomic E-state index is -0.0739. The SMILES string of the molecule is COCCNC(=O)[C@@H](C(C)C)N1CCc2ccccc2C1. The minimum Gasteiger partial charge on any atom is -0.383 e. The van der Waals surface area contributed by atoms with Crippen LogP contribution in [0.2, 0.25) is 0 Å². The zero-order valence-electron chi connectivity index (χ0n) is 13.3. The van der Waals surface area contributed by atoms with Gasteiger partial charge in [-0.2, -0.15) is 0 Å².